The molecular formula is C9H20N4O2. The number of carbonyl (C=O) groups excluding carboxylic acids is 1. The van der Waals surface area contributed by atoms with Crippen LogP contribution in [0.4, 0.5) is 4.79 Å². The average molecular weight is 216 g/mol. The number of hydroxylamine groups is 2. The molecule has 0 rings (SSSR count). The second kappa shape index (κ2) is 7.05. The van der Waals surface area contributed by atoms with Crippen molar-refractivity contribution in [1.29, 1.82) is 0 Å². The lowest BCUT2D eigenvalue weighted by Crippen LogP contribution is -2.41. The molecule has 2 amide bonds. The molecule has 0 aromatic heterocycles. The third-order valence-electron chi connectivity index (χ3n) is 1.54. The molecule has 0 bridgehead atoms. The van der Waals surface area contributed by atoms with E-state index < -0.39 is 6.03 Å². The molecular weight excluding hydrogens is 196 g/mol. The largest absolute Gasteiger partial charge is 0.388 e. The third kappa shape index (κ3) is 7.75. The van der Waals surface area contributed by atoms with Gasteiger partial charge < -0.3 is 11.1 Å². The number of amidine groups is 1. The van der Waals surface area contributed by atoms with Crippen molar-refractivity contribution in [1.82, 2.24) is 10.4 Å². The summed E-state index contributed by atoms with van der Waals surface area (Å²) in [4.78, 5) is 15.1. The fourth-order valence-electron chi connectivity index (χ4n) is 0.899. The second-order valence-corrected chi connectivity index (χ2v) is 3.60. The highest BCUT2D eigenvalue weighted by Crippen LogP contribution is 1.90. The van der Waals surface area contributed by atoms with Gasteiger partial charge in [0, 0.05) is 12.6 Å². The fourth-order valence-corrected chi connectivity index (χ4v) is 0.899. The van der Waals surface area contributed by atoms with Crippen LogP contribution in [0.25, 0.3) is 0 Å². The molecule has 0 aromatic rings. The van der Waals surface area contributed by atoms with Gasteiger partial charge in [-0.2, -0.15) is 0 Å². The number of nitrogens with zero attached hydrogens (tertiary/aromatic N) is 2. The number of rotatable bonds is 5. The highest BCUT2D eigenvalue weighted by Gasteiger charge is 2.10. The van der Waals surface area contributed by atoms with Gasteiger partial charge in [-0.15, -0.1) is 0 Å². The van der Waals surface area contributed by atoms with Crippen LogP contribution >= 0.6 is 0 Å². The zero-order valence-electron chi connectivity index (χ0n) is 9.53. The summed E-state index contributed by atoms with van der Waals surface area (Å²) in [5.41, 5.74) is 5.33. The lowest BCUT2D eigenvalue weighted by atomic mass is 10.4. The van der Waals surface area contributed by atoms with Gasteiger partial charge in [0.15, 0.2) is 0 Å². The van der Waals surface area contributed by atoms with E-state index >= 15 is 0 Å². The second-order valence-electron chi connectivity index (χ2n) is 3.60. The van der Waals surface area contributed by atoms with Crippen LogP contribution in [-0.2, 0) is 0 Å². The van der Waals surface area contributed by atoms with Gasteiger partial charge in [-0.05, 0) is 27.2 Å². The number of amides is 2. The quantitative estimate of drug-likeness (QED) is 0.206. The number of aliphatic imine (C=N–C) groups is 1. The van der Waals surface area contributed by atoms with E-state index in [0.717, 1.165) is 0 Å². The molecule has 15 heavy (non-hydrogen) atoms. The first-order valence-electron chi connectivity index (χ1n) is 4.97. The maximum Gasteiger partial charge on any atom is 0.341 e. The number of hydrogen-bond acceptors (Lipinski definition) is 3. The molecule has 0 heterocycles. The van der Waals surface area contributed by atoms with Gasteiger partial charge in [0.25, 0.3) is 0 Å². The van der Waals surface area contributed by atoms with E-state index in [4.69, 9.17) is 5.73 Å². The molecule has 6 nitrogen and oxygen atoms in total. The number of nitrogens with one attached hydrogen (secondary N) is 1. The van der Waals surface area contributed by atoms with Crippen molar-refractivity contribution >= 4 is 11.9 Å². The Kier molecular flexibility index (Phi) is 6.44. The van der Waals surface area contributed by atoms with E-state index in [1.807, 2.05) is 13.8 Å². The topological polar surface area (TPSA) is 90.9 Å². The van der Waals surface area contributed by atoms with Crippen molar-refractivity contribution in [2.24, 2.45) is 10.7 Å². The predicted molar refractivity (Wildman–Crippen MR) is 58.9 cm³/mol. The molecule has 0 atom stereocenters. The highest BCUT2D eigenvalue weighted by molar-refractivity contribution is 5.77. The molecule has 88 valence electrons. The first-order chi connectivity index (χ1) is 6.93. The van der Waals surface area contributed by atoms with Gasteiger partial charge in [-0.1, -0.05) is 0 Å². The van der Waals surface area contributed by atoms with Crippen molar-refractivity contribution in [3.8, 4) is 0 Å². The number of carbonyl (C=O) groups is 1. The SMILES string of the molecule is CC(N)=NCCCN(O)C(=O)NC(C)C. The molecule has 6 heteroatoms. The van der Waals surface area contributed by atoms with E-state index in [9.17, 15) is 10.0 Å². The van der Waals surface area contributed by atoms with Crippen molar-refractivity contribution < 1.29 is 10.0 Å². The Labute approximate surface area is 90.1 Å². The first-order valence-corrected chi connectivity index (χ1v) is 4.97. The van der Waals surface area contributed by atoms with E-state index in [1.54, 1.807) is 6.92 Å². The van der Waals surface area contributed by atoms with E-state index in [0.29, 0.717) is 23.9 Å². The highest BCUT2D eigenvalue weighted by atomic mass is 16.5. The third-order valence-corrected chi connectivity index (χ3v) is 1.54. The van der Waals surface area contributed by atoms with Crippen LogP contribution in [0.3, 0.4) is 0 Å². The minimum Gasteiger partial charge on any atom is -0.388 e. The van der Waals surface area contributed by atoms with E-state index in [2.05, 4.69) is 10.3 Å². The van der Waals surface area contributed by atoms with Crippen molar-refractivity contribution in [2.45, 2.75) is 33.2 Å². The maximum absolute atomic E-state index is 11.2. The summed E-state index contributed by atoms with van der Waals surface area (Å²) in [6.45, 7) is 6.10. The van der Waals surface area contributed by atoms with Crippen molar-refractivity contribution in [3.05, 3.63) is 0 Å². The van der Waals surface area contributed by atoms with Gasteiger partial charge in [0.1, 0.15) is 0 Å². The standard InChI is InChI=1S/C9H20N4O2/c1-7(2)12-9(14)13(15)6-4-5-11-8(3)10/h7,15H,4-6H2,1-3H3,(H2,10,11)(H,12,14). The van der Waals surface area contributed by atoms with Crippen LogP contribution in [-0.4, -0.2) is 41.3 Å². The first kappa shape index (κ1) is 13.7. The summed E-state index contributed by atoms with van der Waals surface area (Å²) < 4.78 is 0. The van der Waals surface area contributed by atoms with Gasteiger partial charge in [-0.25, -0.2) is 9.86 Å². The van der Waals surface area contributed by atoms with Gasteiger partial charge in [0.2, 0.25) is 0 Å². The minimum absolute atomic E-state index is 0.0106. The number of hydrogen-bond donors (Lipinski definition) is 3. The molecule has 0 aliphatic heterocycles. The number of nitrogens with two attached hydrogens (primary N) is 1. The molecule has 0 spiro atoms. The zero-order chi connectivity index (χ0) is 11.8. The molecule has 4 N–H and O–H groups in total. The van der Waals surface area contributed by atoms with Gasteiger partial charge >= 0.3 is 6.03 Å². The maximum atomic E-state index is 11.2. The van der Waals surface area contributed by atoms with Crippen LogP contribution in [0.5, 0.6) is 0 Å². The summed E-state index contributed by atoms with van der Waals surface area (Å²) >= 11 is 0. The monoisotopic (exact) mass is 216 g/mol. The molecule has 0 aromatic carbocycles. The van der Waals surface area contributed by atoms with E-state index in [1.165, 1.54) is 0 Å². The summed E-state index contributed by atoms with van der Waals surface area (Å²) in [6, 6.07) is -0.477. The van der Waals surface area contributed by atoms with Gasteiger partial charge in [-0.3, -0.25) is 10.2 Å². The summed E-state index contributed by atoms with van der Waals surface area (Å²) in [6.07, 6.45) is 0.580. The Morgan fingerprint density at radius 1 is 1.60 bits per heavy atom. The zero-order valence-corrected chi connectivity index (χ0v) is 9.53. The minimum atomic E-state index is -0.488. The lowest BCUT2D eigenvalue weighted by molar-refractivity contribution is -0.0438. The van der Waals surface area contributed by atoms with Crippen LogP contribution in [0.15, 0.2) is 4.99 Å². The van der Waals surface area contributed by atoms with Gasteiger partial charge in [0.05, 0.1) is 12.4 Å². The molecule has 0 radical (unpaired) electrons. The Morgan fingerprint density at radius 2 is 2.20 bits per heavy atom. The normalized spacial score (nSPS) is 11.7. The molecule has 0 aliphatic carbocycles. The molecule has 0 saturated heterocycles. The molecule has 0 fully saturated rings. The molecule has 0 saturated carbocycles. The smallest absolute Gasteiger partial charge is 0.341 e. The molecule has 0 unspecified atom stereocenters. The fraction of sp³-hybridized carbons (Fsp3) is 0.778. The Hall–Kier alpha value is -1.30. The number of urea groups is 1. The summed E-state index contributed by atoms with van der Waals surface area (Å²) in [5.74, 6) is 0.506. The van der Waals surface area contributed by atoms with Crippen molar-refractivity contribution in [3.63, 3.8) is 0 Å². The van der Waals surface area contributed by atoms with Crippen LogP contribution in [0, 0.1) is 0 Å². The van der Waals surface area contributed by atoms with Crippen LogP contribution in [0.2, 0.25) is 0 Å². The summed E-state index contributed by atoms with van der Waals surface area (Å²) in [5, 5.41) is 12.5. The average Bonchev–Trinajstić information content (AvgIpc) is 2.10. The Morgan fingerprint density at radius 3 is 2.67 bits per heavy atom. The Bertz CT molecular complexity index is 224. The predicted octanol–water partition coefficient (Wildman–Crippen LogP) is 0.563. The van der Waals surface area contributed by atoms with Crippen LogP contribution in [0.1, 0.15) is 27.2 Å². The lowest BCUT2D eigenvalue weighted by Gasteiger charge is -2.16. The van der Waals surface area contributed by atoms with E-state index in [-0.39, 0.29) is 12.6 Å². The van der Waals surface area contributed by atoms with Crippen LogP contribution < -0.4 is 11.1 Å². The van der Waals surface area contributed by atoms with Crippen molar-refractivity contribution in [2.75, 3.05) is 13.1 Å². The summed E-state index contributed by atoms with van der Waals surface area (Å²) in [7, 11) is 0. The molecule has 0 aliphatic rings. The Balaban J connectivity index is 3.69.